The van der Waals surface area contributed by atoms with Gasteiger partial charge >= 0.3 is 0 Å². The maximum Gasteiger partial charge on any atom is 0.0879 e. The van der Waals surface area contributed by atoms with E-state index >= 15 is 0 Å². The Balaban J connectivity index is 1.73. The summed E-state index contributed by atoms with van der Waals surface area (Å²) in [7, 11) is 0. The molecule has 0 spiro atoms. The molecule has 116 valence electrons. The molecule has 3 rings (SSSR count). The minimum Gasteiger partial charge on any atom is -0.381 e. The summed E-state index contributed by atoms with van der Waals surface area (Å²) in [5.41, 5.74) is 10.8. The standard InChI is InChI=1S/C18H27NO2/c1-2-21-18(8-10-20-11-9-18)17(19)13-14-6-7-15-4-3-5-16(15)12-14/h6-7,12,17H,2-5,8-11,13,19H2,1H3. The van der Waals surface area contributed by atoms with Crippen molar-refractivity contribution in [3.8, 4) is 0 Å². The number of aryl methyl sites for hydroxylation is 2. The van der Waals surface area contributed by atoms with Gasteiger partial charge in [-0.3, -0.25) is 0 Å². The van der Waals surface area contributed by atoms with E-state index in [1.54, 1.807) is 0 Å². The first kappa shape index (κ1) is 15.0. The van der Waals surface area contributed by atoms with Gasteiger partial charge in [0.25, 0.3) is 0 Å². The van der Waals surface area contributed by atoms with Crippen LogP contribution in [0.5, 0.6) is 0 Å². The summed E-state index contributed by atoms with van der Waals surface area (Å²) >= 11 is 0. The van der Waals surface area contributed by atoms with Crippen molar-refractivity contribution in [2.24, 2.45) is 5.73 Å². The van der Waals surface area contributed by atoms with Gasteiger partial charge in [-0.05, 0) is 49.3 Å². The smallest absolute Gasteiger partial charge is 0.0879 e. The van der Waals surface area contributed by atoms with Crippen molar-refractivity contribution in [3.05, 3.63) is 34.9 Å². The van der Waals surface area contributed by atoms with Gasteiger partial charge in [-0.15, -0.1) is 0 Å². The van der Waals surface area contributed by atoms with Gasteiger partial charge in [-0.25, -0.2) is 0 Å². The second kappa shape index (κ2) is 6.47. The van der Waals surface area contributed by atoms with Crippen LogP contribution in [-0.2, 0) is 28.7 Å². The molecule has 0 bridgehead atoms. The van der Waals surface area contributed by atoms with E-state index in [0.29, 0.717) is 0 Å². The second-order valence-electron chi connectivity index (χ2n) is 6.38. The molecular formula is C18H27NO2. The molecule has 1 fully saturated rings. The zero-order valence-electron chi connectivity index (χ0n) is 13.1. The second-order valence-corrected chi connectivity index (χ2v) is 6.38. The quantitative estimate of drug-likeness (QED) is 0.906. The van der Waals surface area contributed by atoms with Crippen molar-refractivity contribution < 1.29 is 9.47 Å². The molecule has 0 radical (unpaired) electrons. The summed E-state index contributed by atoms with van der Waals surface area (Å²) in [6, 6.07) is 6.95. The summed E-state index contributed by atoms with van der Waals surface area (Å²) in [5.74, 6) is 0. The number of hydrogen-bond acceptors (Lipinski definition) is 3. The molecule has 1 saturated heterocycles. The number of hydrogen-bond donors (Lipinski definition) is 1. The van der Waals surface area contributed by atoms with Gasteiger partial charge in [0.15, 0.2) is 0 Å². The van der Waals surface area contributed by atoms with Crippen molar-refractivity contribution >= 4 is 0 Å². The van der Waals surface area contributed by atoms with Crippen molar-refractivity contribution in [1.29, 1.82) is 0 Å². The van der Waals surface area contributed by atoms with Gasteiger partial charge in [0, 0.05) is 38.7 Å². The third-order valence-corrected chi connectivity index (χ3v) is 5.07. The molecule has 3 heteroatoms. The monoisotopic (exact) mass is 289 g/mol. The summed E-state index contributed by atoms with van der Waals surface area (Å²) in [5, 5.41) is 0. The Morgan fingerprint density at radius 1 is 1.24 bits per heavy atom. The van der Waals surface area contributed by atoms with Crippen molar-refractivity contribution in [1.82, 2.24) is 0 Å². The van der Waals surface area contributed by atoms with Gasteiger partial charge in [0.05, 0.1) is 5.60 Å². The lowest BCUT2D eigenvalue weighted by Gasteiger charge is -2.41. The lowest BCUT2D eigenvalue weighted by atomic mass is 9.83. The first-order valence-corrected chi connectivity index (χ1v) is 8.31. The van der Waals surface area contributed by atoms with E-state index in [4.69, 9.17) is 15.2 Å². The van der Waals surface area contributed by atoms with E-state index < -0.39 is 0 Å². The van der Waals surface area contributed by atoms with Crippen LogP contribution in [0, 0.1) is 0 Å². The molecule has 1 aliphatic carbocycles. The zero-order valence-corrected chi connectivity index (χ0v) is 13.1. The van der Waals surface area contributed by atoms with Crippen LogP contribution < -0.4 is 5.73 Å². The predicted octanol–water partition coefficient (Wildman–Crippen LogP) is 2.63. The van der Waals surface area contributed by atoms with E-state index in [1.807, 2.05) is 0 Å². The summed E-state index contributed by atoms with van der Waals surface area (Å²) in [4.78, 5) is 0. The molecule has 0 aromatic heterocycles. The Hall–Kier alpha value is -0.900. The van der Waals surface area contributed by atoms with E-state index in [-0.39, 0.29) is 11.6 Å². The Kier molecular flexibility index (Phi) is 4.63. The molecule has 21 heavy (non-hydrogen) atoms. The maximum absolute atomic E-state index is 6.57. The van der Waals surface area contributed by atoms with Crippen molar-refractivity contribution in [3.63, 3.8) is 0 Å². The van der Waals surface area contributed by atoms with E-state index in [2.05, 4.69) is 25.1 Å². The SMILES string of the molecule is CCOC1(C(N)Cc2ccc3c(c2)CCC3)CCOCC1. The predicted molar refractivity (Wildman–Crippen MR) is 84.6 cm³/mol. The van der Waals surface area contributed by atoms with Gasteiger partial charge in [0.1, 0.15) is 0 Å². The number of benzene rings is 1. The summed E-state index contributed by atoms with van der Waals surface area (Å²) in [6.45, 7) is 4.30. The fraction of sp³-hybridized carbons (Fsp3) is 0.667. The van der Waals surface area contributed by atoms with Crippen molar-refractivity contribution in [2.75, 3.05) is 19.8 Å². The molecule has 0 saturated carbocycles. The van der Waals surface area contributed by atoms with Crippen molar-refractivity contribution in [2.45, 2.75) is 57.1 Å². The minimum absolute atomic E-state index is 0.0424. The fourth-order valence-corrected chi connectivity index (χ4v) is 3.82. The molecule has 3 nitrogen and oxygen atoms in total. The minimum atomic E-state index is -0.202. The van der Waals surface area contributed by atoms with Crippen LogP contribution in [0.25, 0.3) is 0 Å². The summed E-state index contributed by atoms with van der Waals surface area (Å²) < 4.78 is 11.6. The lowest BCUT2D eigenvalue weighted by Crippen LogP contribution is -2.54. The molecule has 1 aromatic carbocycles. The van der Waals surface area contributed by atoms with Crippen LogP contribution in [0.2, 0.25) is 0 Å². The third-order valence-electron chi connectivity index (χ3n) is 5.07. The molecule has 1 unspecified atom stereocenters. The largest absolute Gasteiger partial charge is 0.381 e. The van der Waals surface area contributed by atoms with Crippen LogP contribution in [0.3, 0.4) is 0 Å². The molecule has 1 atom stereocenters. The average Bonchev–Trinajstić information content (AvgIpc) is 2.96. The lowest BCUT2D eigenvalue weighted by molar-refractivity contribution is -0.120. The Labute approximate surface area is 127 Å². The van der Waals surface area contributed by atoms with E-state index in [0.717, 1.165) is 39.1 Å². The average molecular weight is 289 g/mol. The molecule has 0 amide bonds. The highest BCUT2D eigenvalue weighted by Gasteiger charge is 2.39. The number of ether oxygens (including phenoxy) is 2. The Morgan fingerprint density at radius 2 is 2.00 bits per heavy atom. The topological polar surface area (TPSA) is 44.5 Å². The molecule has 1 aliphatic heterocycles. The first-order valence-electron chi connectivity index (χ1n) is 8.31. The van der Waals surface area contributed by atoms with Gasteiger partial charge in [0.2, 0.25) is 0 Å². The molecule has 1 heterocycles. The van der Waals surface area contributed by atoms with Crippen LogP contribution >= 0.6 is 0 Å². The number of fused-ring (bicyclic) bond motifs is 1. The van der Waals surface area contributed by atoms with Crippen LogP contribution in [0.1, 0.15) is 42.9 Å². The molecule has 2 aliphatic rings. The highest BCUT2D eigenvalue weighted by molar-refractivity contribution is 5.35. The van der Waals surface area contributed by atoms with Crippen LogP contribution in [-0.4, -0.2) is 31.5 Å². The number of rotatable bonds is 5. The number of nitrogens with two attached hydrogens (primary N) is 1. The van der Waals surface area contributed by atoms with Crippen LogP contribution in [0.4, 0.5) is 0 Å². The first-order chi connectivity index (χ1) is 10.2. The molecular weight excluding hydrogens is 262 g/mol. The normalized spacial score (nSPS) is 22.0. The van der Waals surface area contributed by atoms with Crippen LogP contribution in [0.15, 0.2) is 18.2 Å². The Morgan fingerprint density at radius 3 is 2.76 bits per heavy atom. The van der Waals surface area contributed by atoms with Gasteiger partial charge < -0.3 is 15.2 Å². The molecule has 1 aromatic rings. The van der Waals surface area contributed by atoms with E-state index in [1.165, 1.54) is 36.0 Å². The maximum atomic E-state index is 6.57. The fourth-order valence-electron chi connectivity index (χ4n) is 3.82. The highest BCUT2D eigenvalue weighted by atomic mass is 16.5. The molecule has 2 N–H and O–H groups in total. The van der Waals surface area contributed by atoms with Gasteiger partial charge in [-0.2, -0.15) is 0 Å². The highest BCUT2D eigenvalue weighted by Crippen LogP contribution is 2.31. The Bertz CT molecular complexity index is 475. The third kappa shape index (κ3) is 3.15. The van der Waals surface area contributed by atoms with E-state index in [9.17, 15) is 0 Å². The summed E-state index contributed by atoms with van der Waals surface area (Å²) in [6.07, 6.45) is 6.48. The van der Waals surface area contributed by atoms with Gasteiger partial charge in [-0.1, -0.05) is 18.2 Å². The zero-order chi connectivity index (χ0) is 14.7.